The summed E-state index contributed by atoms with van der Waals surface area (Å²) in [5.41, 5.74) is 1.26. The quantitative estimate of drug-likeness (QED) is 0.648. The van der Waals surface area contributed by atoms with Crippen LogP contribution in [0.15, 0.2) is 29.3 Å². The average molecular weight is 359 g/mol. The third-order valence-electron chi connectivity index (χ3n) is 5.50. The second-order valence-corrected chi connectivity index (χ2v) is 7.69. The number of likely N-dealkylation sites (tertiary alicyclic amines) is 1. The van der Waals surface area contributed by atoms with Crippen LogP contribution in [-0.2, 0) is 0 Å². The van der Waals surface area contributed by atoms with Crippen molar-refractivity contribution in [3.63, 3.8) is 0 Å². The van der Waals surface area contributed by atoms with E-state index < -0.39 is 0 Å². The van der Waals surface area contributed by atoms with Crippen LogP contribution in [0.4, 0.5) is 5.69 Å². The summed E-state index contributed by atoms with van der Waals surface area (Å²) >= 11 is 0. The molecule has 0 spiro atoms. The molecule has 0 aliphatic carbocycles. The van der Waals surface area contributed by atoms with E-state index >= 15 is 0 Å². The van der Waals surface area contributed by atoms with E-state index in [0.29, 0.717) is 5.92 Å². The lowest BCUT2D eigenvalue weighted by Crippen LogP contribution is -2.46. The smallest absolute Gasteiger partial charge is 0.193 e. The molecular formula is C21H34N4O. The van der Waals surface area contributed by atoms with Gasteiger partial charge in [-0.3, -0.25) is 4.99 Å². The summed E-state index contributed by atoms with van der Waals surface area (Å²) in [4.78, 5) is 9.90. The van der Waals surface area contributed by atoms with E-state index in [1.54, 1.807) is 7.11 Å². The number of anilines is 1. The lowest BCUT2D eigenvalue weighted by atomic mass is 10.0. The van der Waals surface area contributed by atoms with Gasteiger partial charge in [0.05, 0.1) is 7.11 Å². The number of guanidine groups is 1. The van der Waals surface area contributed by atoms with Crippen molar-refractivity contribution in [2.45, 2.75) is 33.1 Å². The Morgan fingerprint density at radius 2 is 2.15 bits per heavy atom. The van der Waals surface area contributed by atoms with Crippen LogP contribution in [0, 0.1) is 11.8 Å². The molecule has 2 aliphatic rings. The van der Waals surface area contributed by atoms with E-state index in [4.69, 9.17) is 9.73 Å². The molecule has 2 saturated heterocycles. The van der Waals surface area contributed by atoms with Gasteiger partial charge in [-0.1, -0.05) is 13.0 Å². The fourth-order valence-electron chi connectivity index (χ4n) is 4.05. The second-order valence-electron chi connectivity index (χ2n) is 7.69. The van der Waals surface area contributed by atoms with Gasteiger partial charge in [-0.25, -0.2) is 0 Å². The fourth-order valence-corrected chi connectivity index (χ4v) is 4.05. The zero-order chi connectivity index (χ0) is 18.4. The molecule has 1 aromatic rings. The van der Waals surface area contributed by atoms with Crippen molar-refractivity contribution < 1.29 is 4.74 Å². The largest absolute Gasteiger partial charge is 0.497 e. The molecule has 1 aromatic carbocycles. The van der Waals surface area contributed by atoms with Gasteiger partial charge in [0.2, 0.25) is 0 Å². The van der Waals surface area contributed by atoms with Gasteiger partial charge < -0.3 is 19.9 Å². The van der Waals surface area contributed by atoms with Crippen LogP contribution < -0.4 is 15.0 Å². The fraction of sp³-hybridized carbons (Fsp3) is 0.667. The van der Waals surface area contributed by atoms with Crippen LogP contribution >= 0.6 is 0 Å². The molecule has 0 amide bonds. The Balaban J connectivity index is 1.58. The van der Waals surface area contributed by atoms with E-state index in [2.05, 4.69) is 47.2 Å². The number of ether oxygens (including phenoxy) is 1. The van der Waals surface area contributed by atoms with Gasteiger partial charge in [0, 0.05) is 51.0 Å². The minimum absolute atomic E-state index is 0.622. The number of methoxy groups -OCH3 is 1. The minimum atomic E-state index is 0.622. The van der Waals surface area contributed by atoms with E-state index in [1.165, 1.54) is 24.9 Å². The Morgan fingerprint density at radius 3 is 2.92 bits per heavy atom. The number of piperidine rings is 1. The van der Waals surface area contributed by atoms with Crippen LogP contribution in [0.2, 0.25) is 0 Å². The van der Waals surface area contributed by atoms with Crippen molar-refractivity contribution in [3.05, 3.63) is 24.3 Å². The number of benzene rings is 1. The number of hydrogen-bond donors (Lipinski definition) is 1. The number of aliphatic imine (C=N–C) groups is 1. The van der Waals surface area contributed by atoms with Crippen molar-refractivity contribution in [1.82, 2.24) is 10.2 Å². The maximum absolute atomic E-state index is 5.36. The first-order chi connectivity index (χ1) is 12.7. The molecule has 0 saturated carbocycles. The molecule has 0 radical (unpaired) electrons. The predicted molar refractivity (Wildman–Crippen MR) is 109 cm³/mol. The molecule has 2 heterocycles. The lowest BCUT2D eigenvalue weighted by molar-refractivity contribution is 0.265. The molecule has 1 N–H and O–H groups in total. The van der Waals surface area contributed by atoms with Gasteiger partial charge in [-0.05, 0) is 50.2 Å². The van der Waals surface area contributed by atoms with E-state index in [9.17, 15) is 0 Å². The van der Waals surface area contributed by atoms with Crippen LogP contribution in [-0.4, -0.2) is 57.2 Å². The van der Waals surface area contributed by atoms with E-state index in [0.717, 1.165) is 56.9 Å². The van der Waals surface area contributed by atoms with Crippen LogP contribution in [0.25, 0.3) is 0 Å². The summed E-state index contributed by atoms with van der Waals surface area (Å²) in [5.74, 6) is 3.43. The van der Waals surface area contributed by atoms with E-state index in [1.807, 2.05) is 6.07 Å². The van der Waals surface area contributed by atoms with Gasteiger partial charge in [0.25, 0.3) is 0 Å². The summed E-state index contributed by atoms with van der Waals surface area (Å²) in [6, 6.07) is 8.38. The Labute approximate surface area is 158 Å². The first-order valence-corrected chi connectivity index (χ1v) is 10.1. The Bertz CT molecular complexity index is 603. The van der Waals surface area contributed by atoms with Gasteiger partial charge in [-0.2, -0.15) is 0 Å². The highest BCUT2D eigenvalue weighted by atomic mass is 16.5. The zero-order valence-electron chi connectivity index (χ0n) is 16.6. The third kappa shape index (κ3) is 4.83. The normalized spacial score (nSPS) is 24.0. The number of rotatable bonds is 5. The third-order valence-corrected chi connectivity index (χ3v) is 5.50. The molecule has 5 nitrogen and oxygen atoms in total. The Morgan fingerprint density at radius 1 is 1.27 bits per heavy atom. The molecular weight excluding hydrogens is 324 g/mol. The monoisotopic (exact) mass is 358 g/mol. The number of nitrogens with zero attached hydrogens (tertiary/aromatic N) is 3. The van der Waals surface area contributed by atoms with Crippen molar-refractivity contribution in [2.75, 3.05) is 51.3 Å². The molecule has 2 fully saturated rings. The van der Waals surface area contributed by atoms with Gasteiger partial charge in [0.1, 0.15) is 5.75 Å². The van der Waals surface area contributed by atoms with Crippen LogP contribution in [0.1, 0.15) is 33.1 Å². The molecule has 0 bridgehead atoms. The highest BCUT2D eigenvalue weighted by Gasteiger charge is 2.24. The molecule has 2 unspecified atom stereocenters. The van der Waals surface area contributed by atoms with E-state index in [-0.39, 0.29) is 0 Å². The molecule has 2 aliphatic heterocycles. The zero-order valence-corrected chi connectivity index (χ0v) is 16.6. The molecule has 3 rings (SSSR count). The topological polar surface area (TPSA) is 40.1 Å². The maximum atomic E-state index is 5.36. The summed E-state index contributed by atoms with van der Waals surface area (Å²) in [6.07, 6.45) is 3.82. The Hall–Kier alpha value is -1.91. The van der Waals surface area contributed by atoms with Crippen LogP contribution in [0.5, 0.6) is 5.75 Å². The standard InChI is InChI=1S/C21H34N4O/c1-4-22-21(25-11-6-7-17(2)15-25)23-14-18-10-12-24(16-18)19-8-5-9-20(13-19)26-3/h5,8-9,13,17-18H,4,6-7,10-12,14-16H2,1-3H3,(H,22,23). The molecule has 0 aromatic heterocycles. The number of hydrogen-bond acceptors (Lipinski definition) is 3. The molecule has 5 heteroatoms. The van der Waals surface area contributed by atoms with Crippen molar-refractivity contribution >= 4 is 11.6 Å². The first-order valence-electron chi connectivity index (χ1n) is 10.1. The first kappa shape index (κ1) is 18.9. The van der Waals surface area contributed by atoms with Gasteiger partial charge in [-0.15, -0.1) is 0 Å². The molecule has 26 heavy (non-hydrogen) atoms. The average Bonchev–Trinajstić information content (AvgIpc) is 3.14. The molecule has 144 valence electrons. The lowest BCUT2D eigenvalue weighted by Gasteiger charge is -2.33. The van der Waals surface area contributed by atoms with Crippen molar-refractivity contribution in [3.8, 4) is 5.75 Å². The second kappa shape index (κ2) is 9.15. The number of nitrogens with one attached hydrogen (secondary N) is 1. The highest BCUT2D eigenvalue weighted by Crippen LogP contribution is 2.27. The summed E-state index contributed by atoms with van der Waals surface area (Å²) in [6.45, 7) is 10.8. The summed E-state index contributed by atoms with van der Waals surface area (Å²) in [5, 5.41) is 3.50. The minimum Gasteiger partial charge on any atom is -0.497 e. The van der Waals surface area contributed by atoms with Gasteiger partial charge in [0.15, 0.2) is 5.96 Å². The SMILES string of the molecule is CCNC(=NCC1CCN(c2cccc(OC)c2)C1)N1CCCC(C)C1. The highest BCUT2D eigenvalue weighted by molar-refractivity contribution is 5.80. The van der Waals surface area contributed by atoms with Gasteiger partial charge >= 0.3 is 0 Å². The maximum Gasteiger partial charge on any atom is 0.193 e. The van der Waals surface area contributed by atoms with Crippen molar-refractivity contribution in [1.29, 1.82) is 0 Å². The summed E-state index contributed by atoms with van der Waals surface area (Å²) in [7, 11) is 1.73. The van der Waals surface area contributed by atoms with Crippen molar-refractivity contribution in [2.24, 2.45) is 16.8 Å². The summed E-state index contributed by atoms with van der Waals surface area (Å²) < 4.78 is 5.36. The van der Waals surface area contributed by atoms with Crippen LogP contribution in [0.3, 0.4) is 0 Å². The Kier molecular flexibility index (Phi) is 6.64. The molecule has 2 atom stereocenters. The predicted octanol–water partition coefficient (Wildman–Crippen LogP) is 3.22.